The quantitative estimate of drug-likeness (QED) is 0.0271. The van der Waals surface area contributed by atoms with Gasteiger partial charge in [0.2, 0.25) is 0 Å². The van der Waals surface area contributed by atoms with Crippen LogP contribution < -0.4 is 5.73 Å². The molecule has 0 aromatic carbocycles. The molecule has 0 radical (unpaired) electrons. The third-order valence-corrected chi connectivity index (χ3v) is 9.64. The van der Waals surface area contributed by atoms with Crippen LogP contribution in [0.25, 0.3) is 0 Å². The lowest BCUT2D eigenvalue weighted by Crippen LogP contribution is -2.29. The van der Waals surface area contributed by atoms with Crippen LogP contribution in [-0.4, -0.2) is 49.3 Å². The first-order chi connectivity index (χ1) is 25.8. The van der Waals surface area contributed by atoms with E-state index in [1.165, 1.54) is 70.6 Å². The van der Waals surface area contributed by atoms with Gasteiger partial charge in [-0.3, -0.25) is 18.6 Å². The van der Waals surface area contributed by atoms with Crippen LogP contribution in [0.2, 0.25) is 0 Å². The van der Waals surface area contributed by atoms with E-state index in [2.05, 4.69) is 62.5 Å². The monoisotopic (exact) mass is 768 g/mol. The summed E-state index contributed by atoms with van der Waals surface area (Å²) in [6, 6.07) is 0. The normalized spacial score (nSPS) is 13.8. The molecule has 10 heteroatoms. The zero-order chi connectivity index (χ0) is 38.9. The summed E-state index contributed by atoms with van der Waals surface area (Å²) in [4.78, 5) is 34.8. The van der Waals surface area contributed by atoms with Crippen molar-refractivity contribution < 1.29 is 37.6 Å². The molecule has 0 aliphatic rings. The first-order valence-electron chi connectivity index (χ1n) is 21.1. The fourth-order valence-electron chi connectivity index (χ4n) is 5.48. The maximum Gasteiger partial charge on any atom is 0.472 e. The van der Waals surface area contributed by atoms with Gasteiger partial charge in [0.25, 0.3) is 0 Å². The number of rotatable bonds is 39. The SMILES string of the molecule is CCCCC/C=C\C/C=C\CCC/C=C/CCCCC(=O)OC[C@H](COP(=O)(O)OCCN)OC(=O)CCCCCCC/C=C\CCCCCCCC. The van der Waals surface area contributed by atoms with E-state index in [-0.39, 0.29) is 32.6 Å². The van der Waals surface area contributed by atoms with Gasteiger partial charge in [-0.05, 0) is 89.9 Å². The molecule has 1 unspecified atom stereocenters. The van der Waals surface area contributed by atoms with Crippen molar-refractivity contribution in [2.45, 2.75) is 187 Å². The minimum atomic E-state index is -4.38. The van der Waals surface area contributed by atoms with Crippen LogP contribution in [0.4, 0.5) is 0 Å². The van der Waals surface area contributed by atoms with Gasteiger partial charge < -0.3 is 20.1 Å². The average Bonchev–Trinajstić information content (AvgIpc) is 3.14. The smallest absolute Gasteiger partial charge is 0.462 e. The topological polar surface area (TPSA) is 134 Å². The predicted octanol–water partition coefficient (Wildman–Crippen LogP) is 11.9. The molecular formula is C43H78NO8P. The Kier molecular flexibility index (Phi) is 38.1. The molecule has 0 heterocycles. The number of ether oxygens (including phenoxy) is 2. The number of phosphoric acid groups is 1. The molecule has 0 rings (SSSR count). The fraction of sp³-hybridized carbons (Fsp3) is 0.767. The van der Waals surface area contributed by atoms with Gasteiger partial charge in [-0.1, -0.05) is 127 Å². The van der Waals surface area contributed by atoms with Crippen LogP contribution >= 0.6 is 7.82 Å². The highest BCUT2D eigenvalue weighted by molar-refractivity contribution is 7.47. The van der Waals surface area contributed by atoms with Crippen molar-refractivity contribution in [2.24, 2.45) is 5.73 Å². The number of hydrogen-bond donors (Lipinski definition) is 2. The summed E-state index contributed by atoms with van der Waals surface area (Å²) in [5.74, 6) is -0.877. The molecule has 3 N–H and O–H groups in total. The van der Waals surface area contributed by atoms with Crippen LogP contribution in [0.1, 0.15) is 181 Å². The second-order valence-corrected chi connectivity index (χ2v) is 15.3. The summed E-state index contributed by atoms with van der Waals surface area (Å²) >= 11 is 0. The molecule has 0 aliphatic carbocycles. The lowest BCUT2D eigenvalue weighted by Gasteiger charge is -2.19. The van der Waals surface area contributed by atoms with Crippen molar-refractivity contribution in [1.82, 2.24) is 0 Å². The highest BCUT2D eigenvalue weighted by Crippen LogP contribution is 2.43. The Hall–Kier alpha value is -2.03. The lowest BCUT2D eigenvalue weighted by molar-refractivity contribution is -0.161. The zero-order valence-electron chi connectivity index (χ0n) is 33.7. The van der Waals surface area contributed by atoms with Gasteiger partial charge >= 0.3 is 19.8 Å². The molecule has 0 fully saturated rings. The summed E-state index contributed by atoms with van der Waals surface area (Å²) in [7, 11) is -4.38. The van der Waals surface area contributed by atoms with Crippen LogP contribution in [0.5, 0.6) is 0 Å². The van der Waals surface area contributed by atoms with Gasteiger partial charge in [0.05, 0.1) is 13.2 Å². The van der Waals surface area contributed by atoms with E-state index in [9.17, 15) is 19.0 Å². The highest BCUT2D eigenvalue weighted by atomic mass is 31.2. The number of hydrogen-bond acceptors (Lipinski definition) is 8. The number of carbonyl (C=O) groups is 2. The molecule has 53 heavy (non-hydrogen) atoms. The second-order valence-electron chi connectivity index (χ2n) is 13.8. The van der Waals surface area contributed by atoms with Gasteiger partial charge in [-0.15, -0.1) is 0 Å². The number of esters is 2. The van der Waals surface area contributed by atoms with E-state index >= 15 is 0 Å². The summed E-state index contributed by atoms with van der Waals surface area (Å²) < 4.78 is 32.7. The first kappa shape index (κ1) is 51.0. The van der Waals surface area contributed by atoms with Crippen molar-refractivity contribution >= 4 is 19.8 Å². The fourth-order valence-corrected chi connectivity index (χ4v) is 6.25. The van der Waals surface area contributed by atoms with E-state index in [0.29, 0.717) is 12.8 Å². The molecule has 308 valence electrons. The number of unbranched alkanes of at least 4 members (excludes halogenated alkanes) is 18. The molecule has 0 saturated heterocycles. The van der Waals surface area contributed by atoms with Crippen LogP contribution in [0, 0.1) is 0 Å². The Morgan fingerprint density at radius 1 is 0.566 bits per heavy atom. The van der Waals surface area contributed by atoms with E-state index in [1.54, 1.807) is 0 Å². The lowest BCUT2D eigenvalue weighted by atomic mass is 10.1. The Morgan fingerprint density at radius 2 is 1.00 bits per heavy atom. The summed E-state index contributed by atoms with van der Waals surface area (Å²) in [6.45, 7) is 3.65. The van der Waals surface area contributed by atoms with Gasteiger partial charge in [-0.2, -0.15) is 0 Å². The predicted molar refractivity (Wildman–Crippen MR) is 220 cm³/mol. The Labute approximate surface area is 324 Å². The van der Waals surface area contributed by atoms with E-state index in [4.69, 9.17) is 24.3 Å². The standard InChI is InChI=1S/C43H78NO8P/c1-3-5-7-9-11-13-15-17-19-20-22-23-25-27-29-31-33-35-42(45)49-39-41(40-51-53(47,48)50-38-37-44)52-43(46)36-34-32-30-28-26-24-21-18-16-14-12-10-8-6-4-2/h11,13,17-19,21,25,27,41H,3-10,12,14-16,20,22-24,26,28-40,44H2,1-2H3,(H,47,48)/b13-11-,19-17-,21-18-,27-25+/t41-/m1/s1. The number of carbonyl (C=O) groups excluding carboxylic acids is 2. The summed E-state index contributed by atoms with van der Waals surface area (Å²) in [5.41, 5.74) is 5.34. The van der Waals surface area contributed by atoms with Gasteiger partial charge in [-0.25, -0.2) is 4.57 Å². The molecule has 0 aromatic rings. The Bertz CT molecular complexity index is 1010. The molecule has 0 aromatic heterocycles. The molecule has 9 nitrogen and oxygen atoms in total. The van der Waals surface area contributed by atoms with Crippen molar-refractivity contribution in [3.05, 3.63) is 48.6 Å². The molecule has 0 spiro atoms. The van der Waals surface area contributed by atoms with Crippen molar-refractivity contribution in [3.63, 3.8) is 0 Å². The highest BCUT2D eigenvalue weighted by Gasteiger charge is 2.25. The minimum Gasteiger partial charge on any atom is -0.462 e. The summed E-state index contributed by atoms with van der Waals surface area (Å²) in [5, 5.41) is 0. The number of nitrogens with two attached hydrogens (primary N) is 1. The van der Waals surface area contributed by atoms with Crippen molar-refractivity contribution in [1.29, 1.82) is 0 Å². The van der Waals surface area contributed by atoms with Crippen LogP contribution in [0.3, 0.4) is 0 Å². The van der Waals surface area contributed by atoms with Crippen LogP contribution in [-0.2, 0) is 32.7 Å². The van der Waals surface area contributed by atoms with Crippen LogP contribution in [0.15, 0.2) is 48.6 Å². The van der Waals surface area contributed by atoms with Crippen molar-refractivity contribution in [3.8, 4) is 0 Å². The average molecular weight is 768 g/mol. The molecule has 0 aliphatic heterocycles. The third kappa shape index (κ3) is 39.5. The molecule has 0 saturated carbocycles. The number of allylic oxidation sites excluding steroid dienone is 8. The molecule has 2 atom stereocenters. The molecular weight excluding hydrogens is 689 g/mol. The maximum absolute atomic E-state index is 12.6. The third-order valence-electron chi connectivity index (χ3n) is 8.66. The van der Waals surface area contributed by atoms with E-state index in [0.717, 1.165) is 70.6 Å². The first-order valence-corrected chi connectivity index (χ1v) is 22.6. The Balaban J connectivity index is 4.24. The second kappa shape index (κ2) is 39.7. The van der Waals surface area contributed by atoms with E-state index < -0.39 is 32.5 Å². The number of phosphoric ester groups is 1. The minimum absolute atomic E-state index is 0.0465. The zero-order valence-corrected chi connectivity index (χ0v) is 34.6. The molecule has 0 bridgehead atoms. The summed E-state index contributed by atoms with van der Waals surface area (Å²) in [6.07, 6.45) is 44.2. The molecule has 0 amide bonds. The Morgan fingerprint density at radius 3 is 1.58 bits per heavy atom. The largest absolute Gasteiger partial charge is 0.472 e. The van der Waals surface area contributed by atoms with Gasteiger partial charge in [0.1, 0.15) is 6.61 Å². The van der Waals surface area contributed by atoms with Gasteiger partial charge in [0, 0.05) is 19.4 Å². The van der Waals surface area contributed by atoms with E-state index in [1.807, 2.05) is 0 Å². The van der Waals surface area contributed by atoms with Crippen molar-refractivity contribution in [2.75, 3.05) is 26.4 Å². The maximum atomic E-state index is 12.6. The van der Waals surface area contributed by atoms with Gasteiger partial charge in [0.15, 0.2) is 6.10 Å².